The average molecular weight is 357 g/mol. The highest BCUT2D eigenvalue weighted by atomic mass is 32.2. The Kier molecular flexibility index (Phi) is 5.04. The van der Waals surface area contributed by atoms with Gasteiger partial charge in [-0.25, -0.2) is 8.42 Å². The molecule has 0 saturated carbocycles. The summed E-state index contributed by atoms with van der Waals surface area (Å²) >= 11 is 0. The van der Waals surface area contributed by atoms with Crippen molar-refractivity contribution < 1.29 is 13.2 Å². The maximum Gasteiger partial charge on any atom is 0.261 e. The molecule has 25 heavy (non-hydrogen) atoms. The molecule has 0 aliphatic carbocycles. The summed E-state index contributed by atoms with van der Waals surface area (Å²) in [6.07, 6.45) is 3.56. The second-order valence-corrected chi connectivity index (χ2v) is 7.10. The van der Waals surface area contributed by atoms with Gasteiger partial charge in [0.15, 0.2) is 0 Å². The molecule has 3 rings (SSSR count). The lowest BCUT2D eigenvalue weighted by Crippen LogP contribution is -2.13. The van der Waals surface area contributed by atoms with E-state index in [9.17, 15) is 8.42 Å². The Morgan fingerprint density at radius 1 is 1.12 bits per heavy atom. The molecule has 1 N–H and O–H groups in total. The number of benzene rings is 2. The molecule has 0 atom stereocenters. The van der Waals surface area contributed by atoms with Gasteiger partial charge in [-0.2, -0.15) is 5.10 Å². The van der Waals surface area contributed by atoms with Gasteiger partial charge in [-0.05, 0) is 55.0 Å². The van der Waals surface area contributed by atoms with Gasteiger partial charge in [-0.1, -0.05) is 12.1 Å². The minimum Gasteiger partial charge on any atom is -0.494 e. The van der Waals surface area contributed by atoms with E-state index in [0.29, 0.717) is 24.6 Å². The predicted molar refractivity (Wildman–Crippen MR) is 96.2 cm³/mol. The molecular weight excluding hydrogens is 338 g/mol. The number of aromatic nitrogens is 2. The van der Waals surface area contributed by atoms with E-state index in [0.717, 1.165) is 5.56 Å². The van der Waals surface area contributed by atoms with Gasteiger partial charge in [0.1, 0.15) is 5.75 Å². The lowest BCUT2D eigenvalue weighted by Gasteiger charge is -2.10. The van der Waals surface area contributed by atoms with E-state index in [4.69, 9.17) is 4.74 Å². The zero-order valence-corrected chi connectivity index (χ0v) is 14.6. The van der Waals surface area contributed by atoms with E-state index in [1.165, 1.54) is 12.1 Å². The SMILES string of the molecule is CCOc1ccc(S(=O)(=O)Nc2cccc(Cn3cccn3)c2)cc1. The lowest BCUT2D eigenvalue weighted by molar-refractivity contribution is 0.340. The van der Waals surface area contributed by atoms with Crippen molar-refractivity contribution in [2.75, 3.05) is 11.3 Å². The van der Waals surface area contributed by atoms with E-state index in [-0.39, 0.29) is 4.90 Å². The first-order chi connectivity index (χ1) is 12.1. The van der Waals surface area contributed by atoms with Crippen LogP contribution in [0.25, 0.3) is 0 Å². The Labute approximate surface area is 147 Å². The highest BCUT2D eigenvalue weighted by Crippen LogP contribution is 2.20. The van der Waals surface area contributed by atoms with Crippen molar-refractivity contribution in [2.24, 2.45) is 0 Å². The molecule has 3 aromatic rings. The minimum absolute atomic E-state index is 0.188. The van der Waals surface area contributed by atoms with Crippen LogP contribution in [0.1, 0.15) is 12.5 Å². The number of anilines is 1. The third-order valence-electron chi connectivity index (χ3n) is 3.53. The Bertz CT molecular complexity index is 920. The Hall–Kier alpha value is -2.80. The van der Waals surface area contributed by atoms with E-state index >= 15 is 0 Å². The van der Waals surface area contributed by atoms with Crippen LogP contribution in [0.3, 0.4) is 0 Å². The molecule has 0 fully saturated rings. The lowest BCUT2D eigenvalue weighted by atomic mass is 10.2. The average Bonchev–Trinajstić information content (AvgIpc) is 3.08. The summed E-state index contributed by atoms with van der Waals surface area (Å²) in [4.78, 5) is 0.188. The number of rotatable bonds is 7. The standard InChI is InChI=1S/C18H19N3O3S/c1-2-24-17-7-9-18(10-8-17)25(22,23)20-16-6-3-5-15(13-16)14-21-12-4-11-19-21/h3-13,20H,2,14H2,1H3. The molecule has 0 radical (unpaired) electrons. The Morgan fingerprint density at radius 3 is 2.60 bits per heavy atom. The maximum absolute atomic E-state index is 12.5. The van der Waals surface area contributed by atoms with Crippen LogP contribution in [0.5, 0.6) is 5.75 Å². The summed E-state index contributed by atoms with van der Waals surface area (Å²) in [6, 6.07) is 15.5. The first-order valence-corrected chi connectivity index (χ1v) is 9.37. The number of sulfonamides is 1. The zero-order chi connectivity index (χ0) is 17.7. The second-order valence-electron chi connectivity index (χ2n) is 5.41. The molecule has 0 bridgehead atoms. The van der Waals surface area contributed by atoms with Crippen molar-refractivity contribution in [2.45, 2.75) is 18.4 Å². The van der Waals surface area contributed by atoms with E-state index < -0.39 is 10.0 Å². The smallest absolute Gasteiger partial charge is 0.261 e. The van der Waals surface area contributed by atoms with Gasteiger partial charge in [0.05, 0.1) is 18.0 Å². The molecule has 0 aliphatic heterocycles. The van der Waals surface area contributed by atoms with Crippen molar-refractivity contribution in [1.29, 1.82) is 0 Å². The van der Waals surface area contributed by atoms with Gasteiger partial charge >= 0.3 is 0 Å². The van der Waals surface area contributed by atoms with Crippen LogP contribution < -0.4 is 9.46 Å². The third kappa shape index (κ3) is 4.39. The molecule has 1 aromatic heterocycles. The van der Waals surface area contributed by atoms with Gasteiger partial charge in [-0.15, -0.1) is 0 Å². The maximum atomic E-state index is 12.5. The minimum atomic E-state index is -3.65. The zero-order valence-electron chi connectivity index (χ0n) is 13.8. The fourth-order valence-electron chi connectivity index (χ4n) is 2.41. The van der Waals surface area contributed by atoms with Gasteiger partial charge < -0.3 is 4.74 Å². The first-order valence-electron chi connectivity index (χ1n) is 7.89. The van der Waals surface area contributed by atoms with Gasteiger partial charge in [0.25, 0.3) is 10.0 Å². The van der Waals surface area contributed by atoms with Crippen LogP contribution in [-0.4, -0.2) is 24.8 Å². The monoisotopic (exact) mass is 357 g/mol. The van der Waals surface area contributed by atoms with Crippen molar-refractivity contribution in [3.05, 3.63) is 72.6 Å². The highest BCUT2D eigenvalue weighted by Gasteiger charge is 2.14. The molecule has 0 saturated heterocycles. The van der Waals surface area contributed by atoms with Crippen molar-refractivity contribution in [3.8, 4) is 5.75 Å². The van der Waals surface area contributed by atoms with Crippen LogP contribution >= 0.6 is 0 Å². The molecule has 0 amide bonds. The molecule has 0 aliphatic rings. The number of nitrogens with zero attached hydrogens (tertiary/aromatic N) is 2. The summed E-state index contributed by atoms with van der Waals surface area (Å²) in [5.41, 5.74) is 1.47. The molecule has 0 unspecified atom stereocenters. The summed E-state index contributed by atoms with van der Waals surface area (Å²) in [7, 11) is -3.65. The third-order valence-corrected chi connectivity index (χ3v) is 4.93. The summed E-state index contributed by atoms with van der Waals surface area (Å²) in [6.45, 7) is 2.99. The van der Waals surface area contributed by atoms with Crippen LogP contribution in [0.2, 0.25) is 0 Å². The topological polar surface area (TPSA) is 73.2 Å². The van der Waals surface area contributed by atoms with Gasteiger partial charge in [0, 0.05) is 18.1 Å². The Balaban J connectivity index is 1.76. The normalized spacial score (nSPS) is 11.2. The number of hydrogen-bond donors (Lipinski definition) is 1. The van der Waals surface area contributed by atoms with Crippen LogP contribution in [0.4, 0.5) is 5.69 Å². The second kappa shape index (κ2) is 7.40. The molecule has 2 aromatic carbocycles. The van der Waals surface area contributed by atoms with Gasteiger partial charge in [0.2, 0.25) is 0 Å². The molecule has 0 spiro atoms. The Morgan fingerprint density at radius 2 is 1.92 bits per heavy atom. The quantitative estimate of drug-likeness (QED) is 0.705. The first kappa shape index (κ1) is 17.0. The molecule has 130 valence electrons. The summed E-state index contributed by atoms with van der Waals surface area (Å²) in [5, 5.41) is 4.15. The van der Waals surface area contributed by atoms with Crippen molar-refractivity contribution in [1.82, 2.24) is 9.78 Å². The summed E-state index contributed by atoms with van der Waals surface area (Å²) < 4.78 is 34.8. The number of hydrogen-bond acceptors (Lipinski definition) is 4. The molecule has 7 heteroatoms. The van der Waals surface area contributed by atoms with Crippen molar-refractivity contribution >= 4 is 15.7 Å². The van der Waals surface area contributed by atoms with E-state index in [1.54, 1.807) is 35.1 Å². The van der Waals surface area contributed by atoms with Crippen LogP contribution in [-0.2, 0) is 16.6 Å². The predicted octanol–water partition coefficient (Wildman–Crippen LogP) is 3.13. The summed E-state index contributed by atoms with van der Waals surface area (Å²) in [5.74, 6) is 0.641. The number of ether oxygens (including phenoxy) is 1. The van der Waals surface area contributed by atoms with E-state index in [1.807, 2.05) is 31.3 Å². The molecular formula is C18H19N3O3S. The van der Waals surface area contributed by atoms with Crippen LogP contribution in [0, 0.1) is 0 Å². The van der Waals surface area contributed by atoms with E-state index in [2.05, 4.69) is 9.82 Å². The highest BCUT2D eigenvalue weighted by molar-refractivity contribution is 7.92. The van der Waals surface area contributed by atoms with Crippen LogP contribution in [0.15, 0.2) is 71.9 Å². The van der Waals surface area contributed by atoms with Gasteiger partial charge in [-0.3, -0.25) is 9.40 Å². The molecule has 1 heterocycles. The largest absolute Gasteiger partial charge is 0.494 e. The van der Waals surface area contributed by atoms with Crippen molar-refractivity contribution in [3.63, 3.8) is 0 Å². The number of nitrogens with one attached hydrogen (secondary N) is 1. The fourth-order valence-corrected chi connectivity index (χ4v) is 3.46. The molecule has 6 nitrogen and oxygen atoms in total. The fraction of sp³-hybridized carbons (Fsp3) is 0.167.